The predicted molar refractivity (Wildman–Crippen MR) is 101 cm³/mol. The molecule has 1 fully saturated rings. The largest absolute Gasteiger partial charge is 0.303 e. The Balaban J connectivity index is 2.00. The van der Waals surface area contributed by atoms with Crippen LogP contribution in [0.3, 0.4) is 0 Å². The Morgan fingerprint density at radius 1 is 1.13 bits per heavy atom. The molecule has 1 atom stereocenters. The molecule has 0 heterocycles. The molecule has 2 rings (SSSR count). The van der Waals surface area contributed by atoms with Crippen molar-refractivity contribution < 1.29 is 4.79 Å². The van der Waals surface area contributed by atoms with Crippen LogP contribution in [-0.4, -0.2) is 35.4 Å². The molecule has 0 aliphatic heterocycles. The molecule has 0 bridgehead atoms. The van der Waals surface area contributed by atoms with Crippen LogP contribution < -0.4 is 0 Å². The van der Waals surface area contributed by atoms with Gasteiger partial charge in [-0.15, -0.1) is 0 Å². The third-order valence-electron chi connectivity index (χ3n) is 5.08. The molecule has 1 aromatic rings. The van der Waals surface area contributed by atoms with Crippen LogP contribution in [0.15, 0.2) is 30.3 Å². The highest BCUT2D eigenvalue weighted by Gasteiger charge is 2.30. The van der Waals surface area contributed by atoms with E-state index in [1.807, 2.05) is 6.07 Å². The van der Waals surface area contributed by atoms with Crippen molar-refractivity contribution in [2.24, 2.45) is 5.92 Å². The predicted octanol–water partition coefficient (Wildman–Crippen LogP) is 4.95. The van der Waals surface area contributed by atoms with Crippen molar-refractivity contribution in [2.45, 2.75) is 51.9 Å². The molecule has 0 saturated heterocycles. The van der Waals surface area contributed by atoms with Crippen LogP contribution in [0, 0.1) is 5.92 Å². The number of hydrogen-bond acceptors (Lipinski definition) is 3. The van der Waals surface area contributed by atoms with E-state index in [-0.39, 0.29) is 5.92 Å². The highest BCUT2D eigenvalue weighted by atomic mass is 32.2. The van der Waals surface area contributed by atoms with E-state index in [2.05, 4.69) is 43.0 Å². The van der Waals surface area contributed by atoms with Gasteiger partial charge in [0, 0.05) is 12.3 Å². The first-order valence-electron chi connectivity index (χ1n) is 9.20. The Bertz CT molecular complexity index is 452. The Hall–Kier alpha value is -0.800. The third kappa shape index (κ3) is 5.65. The van der Waals surface area contributed by atoms with Crippen LogP contribution in [0.25, 0.3) is 0 Å². The first kappa shape index (κ1) is 18.5. The van der Waals surface area contributed by atoms with Gasteiger partial charge in [0.1, 0.15) is 0 Å². The van der Waals surface area contributed by atoms with Gasteiger partial charge in [0.2, 0.25) is 0 Å². The summed E-state index contributed by atoms with van der Waals surface area (Å²) < 4.78 is 0. The Morgan fingerprint density at radius 2 is 1.78 bits per heavy atom. The topological polar surface area (TPSA) is 20.3 Å². The molecule has 0 spiro atoms. The quantitative estimate of drug-likeness (QED) is 0.671. The van der Waals surface area contributed by atoms with Gasteiger partial charge in [0.15, 0.2) is 5.12 Å². The molecule has 128 valence electrons. The summed E-state index contributed by atoms with van der Waals surface area (Å²) in [6, 6.07) is 10.5. The summed E-state index contributed by atoms with van der Waals surface area (Å²) in [6.07, 6.45) is 6.32. The summed E-state index contributed by atoms with van der Waals surface area (Å²) in [5.74, 6) is 1.55. The maximum absolute atomic E-state index is 12.9. The average molecular weight is 334 g/mol. The van der Waals surface area contributed by atoms with Crippen molar-refractivity contribution in [1.82, 2.24) is 4.90 Å². The molecule has 0 N–H and O–H groups in total. The lowest BCUT2D eigenvalue weighted by Gasteiger charge is -2.29. The van der Waals surface area contributed by atoms with Crippen molar-refractivity contribution in [3.05, 3.63) is 35.9 Å². The molecule has 1 aromatic carbocycles. The van der Waals surface area contributed by atoms with Gasteiger partial charge in [0.05, 0.1) is 5.92 Å². The van der Waals surface area contributed by atoms with Crippen molar-refractivity contribution in [1.29, 1.82) is 0 Å². The van der Waals surface area contributed by atoms with E-state index in [0.29, 0.717) is 11.0 Å². The number of benzene rings is 1. The molecule has 0 aromatic heterocycles. The second-order valence-electron chi connectivity index (χ2n) is 6.48. The fourth-order valence-corrected chi connectivity index (χ4v) is 4.69. The van der Waals surface area contributed by atoms with Gasteiger partial charge in [-0.2, -0.15) is 0 Å². The van der Waals surface area contributed by atoms with Gasteiger partial charge in [-0.25, -0.2) is 0 Å². The molecule has 1 aliphatic carbocycles. The zero-order valence-corrected chi connectivity index (χ0v) is 15.5. The van der Waals surface area contributed by atoms with E-state index in [0.717, 1.165) is 25.4 Å². The molecular formula is C20H31NOS. The molecule has 0 radical (unpaired) electrons. The summed E-state index contributed by atoms with van der Waals surface area (Å²) in [6.45, 7) is 7.51. The van der Waals surface area contributed by atoms with Gasteiger partial charge in [-0.05, 0) is 37.4 Å². The number of hydrogen-bond donors (Lipinski definition) is 0. The van der Waals surface area contributed by atoms with Crippen molar-refractivity contribution in [2.75, 3.05) is 25.4 Å². The van der Waals surface area contributed by atoms with E-state index in [4.69, 9.17) is 0 Å². The van der Waals surface area contributed by atoms with E-state index in [1.165, 1.54) is 37.7 Å². The number of thioether (sulfide) groups is 1. The van der Waals surface area contributed by atoms with Gasteiger partial charge in [-0.1, -0.05) is 75.2 Å². The fraction of sp³-hybridized carbons (Fsp3) is 0.650. The van der Waals surface area contributed by atoms with Crippen molar-refractivity contribution in [3.8, 4) is 0 Å². The van der Waals surface area contributed by atoms with E-state index < -0.39 is 0 Å². The minimum absolute atomic E-state index is 0.0956. The maximum Gasteiger partial charge on any atom is 0.196 e. The summed E-state index contributed by atoms with van der Waals surface area (Å²) in [4.78, 5) is 15.3. The fourth-order valence-electron chi connectivity index (χ4n) is 3.63. The summed E-state index contributed by atoms with van der Waals surface area (Å²) >= 11 is 1.55. The van der Waals surface area contributed by atoms with Crippen molar-refractivity contribution in [3.63, 3.8) is 0 Å². The SMILES string of the molecule is CCN(CC)CCSC(=O)C(c1ccccc1)C1CCCCC1. The summed E-state index contributed by atoms with van der Waals surface area (Å²) in [7, 11) is 0. The molecule has 3 heteroatoms. The van der Waals surface area contributed by atoms with Crippen molar-refractivity contribution >= 4 is 16.9 Å². The van der Waals surface area contributed by atoms with Crippen LogP contribution in [-0.2, 0) is 4.79 Å². The first-order chi connectivity index (χ1) is 11.3. The number of carbonyl (C=O) groups is 1. The number of carbonyl (C=O) groups excluding carboxylic acids is 1. The van der Waals surface area contributed by atoms with Crippen LogP contribution >= 0.6 is 11.8 Å². The van der Waals surface area contributed by atoms with Gasteiger partial charge in [0.25, 0.3) is 0 Å². The van der Waals surface area contributed by atoms with Gasteiger partial charge < -0.3 is 4.90 Å². The van der Waals surface area contributed by atoms with E-state index >= 15 is 0 Å². The molecule has 23 heavy (non-hydrogen) atoms. The van der Waals surface area contributed by atoms with Crippen LogP contribution in [0.2, 0.25) is 0 Å². The van der Waals surface area contributed by atoms with E-state index in [1.54, 1.807) is 11.8 Å². The third-order valence-corrected chi connectivity index (χ3v) is 6.01. The standard InChI is InChI=1S/C20H31NOS/c1-3-21(4-2)15-16-23-20(22)19(17-11-7-5-8-12-17)18-13-9-6-10-14-18/h5,7-8,11-12,18-19H,3-4,6,9-10,13-16H2,1-2H3. The smallest absolute Gasteiger partial charge is 0.196 e. The van der Waals surface area contributed by atoms with E-state index in [9.17, 15) is 4.79 Å². The minimum Gasteiger partial charge on any atom is -0.303 e. The zero-order chi connectivity index (χ0) is 16.5. The van der Waals surface area contributed by atoms with Gasteiger partial charge in [-0.3, -0.25) is 4.79 Å². The molecule has 0 amide bonds. The molecule has 1 aliphatic rings. The second-order valence-corrected chi connectivity index (χ2v) is 7.58. The minimum atomic E-state index is 0.0956. The Kier molecular flexibility index (Phi) is 8.18. The second kappa shape index (κ2) is 10.1. The summed E-state index contributed by atoms with van der Waals surface area (Å²) in [5.41, 5.74) is 1.22. The average Bonchev–Trinajstić information content (AvgIpc) is 2.61. The Morgan fingerprint density at radius 3 is 2.39 bits per heavy atom. The lowest BCUT2D eigenvalue weighted by Crippen LogP contribution is -2.27. The Labute approximate surface area is 146 Å². The highest BCUT2D eigenvalue weighted by molar-refractivity contribution is 8.13. The normalized spacial score (nSPS) is 17.3. The van der Waals surface area contributed by atoms with Gasteiger partial charge >= 0.3 is 0 Å². The maximum atomic E-state index is 12.9. The lowest BCUT2D eigenvalue weighted by molar-refractivity contribution is -0.113. The molecule has 1 unspecified atom stereocenters. The monoisotopic (exact) mass is 333 g/mol. The molecular weight excluding hydrogens is 302 g/mol. The number of rotatable bonds is 8. The molecule has 2 nitrogen and oxygen atoms in total. The highest BCUT2D eigenvalue weighted by Crippen LogP contribution is 2.38. The summed E-state index contributed by atoms with van der Waals surface area (Å²) in [5, 5.41) is 0.384. The molecule has 1 saturated carbocycles. The zero-order valence-electron chi connectivity index (χ0n) is 14.7. The first-order valence-corrected chi connectivity index (χ1v) is 10.2. The van der Waals surface area contributed by atoms with Crippen LogP contribution in [0.4, 0.5) is 0 Å². The number of nitrogens with zero attached hydrogens (tertiary/aromatic N) is 1. The lowest BCUT2D eigenvalue weighted by atomic mass is 9.77. The van der Waals surface area contributed by atoms with Crippen LogP contribution in [0.1, 0.15) is 57.4 Å². The van der Waals surface area contributed by atoms with Crippen LogP contribution in [0.5, 0.6) is 0 Å².